The van der Waals surface area contributed by atoms with Gasteiger partial charge in [0.2, 0.25) is 10.0 Å². The zero-order chi connectivity index (χ0) is 43.8. The number of phenols is 1. The zero-order valence-electron chi connectivity index (χ0n) is 35.7. The molecule has 0 unspecified atom stereocenters. The van der Waals surface area contributed by atoms with Crippen molar-refractivity contribution < 1.29 is 61.4 Å². The van der Waals surface area contributed by atoms with Crippen molar-refractivity contribution in [3.05, 3.63) is 76.9 Å². The summed E-state index contributed by atoms with van der Waals surface area (Å²) in [7, 11) is -3.78. The van der Waals surface area contributed by atoms with Gasteiger partial charge in [-0.15, -0.1) is 0 Å². The van der Waals surface area contributed by atoms with Gasteiger partial charge in [0.25, 0.3) is 5.91 Å². The summed E-state index contributed by atoms with van der Waals surface area (Å²) in [5.74, 6) is -0.0598. The van der Waals surface area contributed by atoms with Crippen LogP contribution < -0.4 is 14.8 Å². The molecule has 0 bridgehead atoms. The van der Waals surface area contributed by atoms with E-state index in [1.165, 1.54) is 22.5 Å². The number of carboxylic acids is 1. The van der Waals surface area contributed by atoms with Crippen molar-refractivity contribution in [1.29, 1.82) is 0 Å². The van der Waals surface area contributed by atoms with Crippen LogP contribution in [0, 0.1) is 6.92 Å². The maximum atomic E-state index is 13.5. The van der Waals surface area contributed by atoms with E-state index in [0.29, 0.717) is 117 Å². The van der Waals surface area contributed by atoms with Gasteiger partial charge in [-0.3, -0.25) is 9.59 Å². The summed E-state index contributed by atoms with van der Waals surface area (Å²) in [4.78, 5) is 25.0. The Bertz CT molecular complexity index is 1980. The van der Waals surface area contributed by atoms with Crippen LogP contribution in [0.1, 0.15) is 66.6 Å². The lowest BCUT2D eigenvalue weighted by molar-refractivity contribution is -0.137. The van der Waals surface area contributed by atoms with E-state index in [1.54, 1.807) is 6.07 Å². The number of anilines is 1. The molecule has 5 rings (SSSR count). The highest BCUT2D eigenvalue weighted by atomic mass is 32.2. The van der Waals surface area contributed by atoms with Crippen LogP contribution in [0.25, 0.3) is 0 Å². The van der Waals surface area contributed by atoms with Gasteiger partial charge in [-0.2, -0.15) is 4.31 Å². The van der Waals surface area contributed by atoms with E-state index in [9.17, 15) is 23.1 Å². The summed E-state index contributed by atoms with van der Waals surface area (Å²) in [6.07, 6.45) is 1.33. The minimum atomic E-state index is -3.78. The summed E-state index contributed by atoms with van der Waals surface area (Å²) in [5.41, 5.74) is 3.85. The molecule has 3 aromatic carbocycles. The highest BCUT2D eigenvalue weighted by Gasteiger charge is 2.32. The van der Waals surface area contributed by atoms with Gasteiger partial charge in [0.05, 0.1) is 83.2 Å². The highest BCUT2D eigenvalue weighted by molar-refractivity contribution is 7.89. The molecule has 0 atom stereocenters. The number of benzene rings is 3. The molecule has 3 aromatic rings. The summed E-state index contributed by atoms with van der Waals surface area (Å²) in [6.45, 7) is 13.7. The van der Waals surface area contributed by atoms with Gasteiger partial charge >= 0.3 is 5.97 Å². The Morgan fingerprint density at radius 1 is 0.770 bits per heavy atom. The Morgan fingerprint density at radius 2 is 1.31 bits per heavy atom. The van der Waals surface area contributed by atoms with Gasteiger partial charge in [-0.25, -0.2) is 8.42 Å². The summed E-state index contributed by atoms with van der Waals surface area (Å²) in [5, 5.41) is 22.2. The van der Waals surface area contributed by atoms with Gasteiger partial charge in [-0.05, 0) is 90.3 Å². The number of carbonyl (C=O) groups excluding carboxylic acids is 1. The number of carbonyl (C=O) groups is 2. The first-order chi connectivity index (χ1) is 29.2. The number of phenolic OH excluding ortho intramolecular Hbond substituents is 1. The number of rotatable bonds is 25. The number of aromatic hydroxyl groups is 1. The molecule has 0 saturated carbocycles. The molecular weight excluding hydrogens is 811 g/mol. The number of carboxylic acid groups (broad SMARTS) is 1. The Morgan fingerprint density at radius 3 is 1.85 bits per heavy atom. The molecule has 2 aliphatic rings. The van der Waals surface area contributed by atoms with Crippen LogP contribution in [-0.4, -0.2) is 145 Å². The molecular formula is C44H61N3O13S. The number of piperidine rings is 1. The second kappa shape index (κ2) is 23.1. The first-order valence-electron chi connectivity index (χ1n) is 20.7. The number of ether oxygens (including phenoxy) is 7. The molecule has 0 aliphatic carbocycles. The van der Waals surface area contributed by atoms with E-state index in [1.807, 2.05) is 37.3 Å². The standard InChI is InChI=1S/C44H61N3O13S/c1-32-27-40(48)41(29-38(32)44(2,3)4)60-26-24-58-22-20-56-18-16-54-15-17-55-19-21-57-23-25-59-35-7-5-33(6-8-35)34-11-13-47(14-12-34)61(52,53)36-9-10-37-39(28-36)45-31-46(43(37)51)30-42(49)50/h5-10,27-29,34,45,48H,11-26,30-31H2,1-4H3,(H,49,50). The molecule has 0 aromatic heterocycles. The molecule has 336 valence electrons. The van der Waals surface area contributed by atoms with Crippen LogP contribution in [0.5, 0.6) is 17.2 Å². The van der Waals surface area contributed by atoms with Crippen molar-refractivity contribution in [2.24, 2.45) is 0 Å². The number of nitrogens with zero attached hydrogens (tertiary/aromatic N) is 2. The second-order valence-corrected chi connectivity index (χ2v) is 17.8. The third-order valence-corrected chi connectivity index (χ3v) is 12.2. The fourth-order valence-corrected chi connectivity index (χ4v) is 8.65. The fraction of sp³-hybridized carbons (Fsp3) is 0.545. The number of hydrogen-bond acceptors (Lipinski definition) is 13. The predicted molar refractivity (Wildman–Crippen MR) is 227 cm³/mol. The minimum Gasteiger partial charge on any atom is -0.504 e. The smallest absolute Gasteiger partial charge is 0.323 e. The maximum Gasteiger partial charge on any atom is 0.323 e. The number of nitrogens with one attached hydrogen (secondary N) is 1. The average Bonchev–Trinajstić information content (AvgIpc) is 3.23. The molecule has 16 nitrogen and oxygen atoms in total. The van der Waals surface area contributed by atoms with E-state index < -0.39 is 28.4 Å². The number of aliphatic carboxylic acids is 1. The Kier molecular flexibility index (Phi) is 18.0. The van der Waals surface area contributed by atoms with Gasteiger partial charge in [0.1, 0.15) is 25.5 Å². The molecule has 61 heavy (non-hydrogen) atoms. The normalized spacial score (nSPS) is 15.1. The van der Waals surface area contributed by atoms with E-state index >= 15 is 0 Å². The molecule has 1 amide bonds. The first-order valence-corrected chi connectivity index (χ1v) is 22.2. The Hall–Kier alpha value is -4.49. The van der Waals surface area contributed by atoms with E-state index in [0.717, 1.165) is 27.3 Å². The SMILES string of the molecule is Cc1cc(O)c(OCCOCCOCCOCCOCCOCCOc2ccc(C3CCN(S(=O)(=O)c4ccc5c(c4)NCN(CC(=O)O)C5=O)CC3)cc2)cc1C(C)(C)C. The van der Waals surface area contributed by atoms with Crippen LogP contribution >= 0.6 is 0 Å². The molecule has 0 spiro atoms. The molecule has 2 heterocycles. The molecule has 1 saturated heterocycles. The van der Waals surface area contributed by atoms with Crippen LogP contribution in [-0.2, 0) is 43.9 Å². The lowest BCUT2D eigenvalue weighted by atomic mass is 9.84. The zero-order valence-corrected chi connectivity index (χ0v) is 36.5. The molecule has 17 heteroatoms. The number of aryl methyl sites for hydroxylation is 1. The minimum absolute atomic E-state index is 0.0162. The van der Waals surface area contributed by atoms with Gasteiger partial charge in [0.15, 0.2) is 11.5 Å². The Balaban J connectivity index is 0.837. The average molecular weight is 872 g/mol. The summed E-state index contributed by atoms with van der Waals surface area (Å²) < 4.78 is 67.8. The fourth-order valence-electron chi connectivity index (χ4n) is 7.15. The van der Waals surface area contributed by atoms with Gasteiger partial charge in [-0.1, -0.05) is 32.9 Å². The van der Waals surface area contributed by atoms with Crippen molar-refractivity contribution in [3.63, 3.8) is 0 Å². The van der Waals surface area contributed by atoms with Crippen molar-refractivity contribution in [1.82, 2.24) is 9.21 Å². The maximum absolute atomic E-state index is 13.5. The number of sulfonamides is 1. The third-order valence-electron chi connectivity index (χ3n) is 10.3. The summed E-state index contributed by atoms with van der Waals surface area (Å²) in [6, 6.07) is 15.8. The molecule has 3 N–H and O–H groups in total. The van der Waals surface area contributed by atoms with Crippen molar-refractivity contribution in [2.45, 2.75) is 56.8 Å². The Labute approximate surface area is 359 Å². The quantitative estimate of drug-likeness (QED) is 0.0963. The van der Waals surface area contributed by atoms with Crippen molar-refractivity contribution >= 4 is 27.6 Å². The van der Waals surface area contributed by atoms with E-state index in [4.69, 9.17) is 38.3 Å². The molecule has 0 radical (unpaired) electrons. The van der Waals surface area contributed by atoms with Crippen molar-refractivity contribution in [2.75, 3.05) is 111 Å². The monoisotopic (exact) mass is 871 g/mol. The first kappa shape index (κ1) is 47.6. The van der Waals surface area contributed by atoms with Gasteiger partial charge in [0, 0.05) is 18.8 Å². The highest BCUT2D eigenvalue weighted by Crippen LogP contribution is 2.36. The van der Waals surface area contributed by atoms with Crippen molar-refractivity contribution in [3.8, 4) is 17.2 Å². The topological polar surface area (TPSA) is 192 Å². The lowest BCUT2D eigenvalue weighted by Crippen LogP contribution is -2.43. The summed E-state index contributed by atoms with van der Waals surface area (Å²) >= 11 is 0. The second-order valence-electron chi connectivity index (χ2n) is 15.8. The lowest BCUT2D eigenvalue weighted by Gasteiger charge is -2.32. The molecule has 2 aliphatic heterocycles. The molecule has 1 fully saturated rings. The van der Waals surface area contributed by atoms with E-state index in [-0.39, 0.29) is 34.2 Å². The van der Waals surface area contributed by atoms with Gasteiger partial charge < -0.3 is 53.6 Å². The van der Waals surface area contributed by atoms with Crippen LogP contribution in [0.3, 0.4) is 0 Å². The largest absolute Gasteiger partial charge is 0.504 e. The third kappa shape index (κ3) is 14.3. The number of amides is 1. The van der Waals surface area contributed by atoms with Crippen LogP contribution in [0.15, 0.2) is 59.5 Å². The number of hydrogen-bond donors (Lipinski definition) is 3. The number of fused-ring (bicyclic) bond motifs is 1. The predicted octanol–water partition coefficient (Wildman–Crippen LogP) is 5.02. The van der Waals surface area contributed by atoms with E-state index in [2.05, 4.69) is 26.1 Å². The van der Waals surface area contributed by atoms with Crippen LogP contribution in [0.2, 0.25) is 0 Å². The van der Waals surface area contributed by atoms with Crippen LogP contribution in [0.4, 0.5) is 5.69 Å².